The van der Waals surface area contributed by atoms with Crippen LogP contribution >= 0.6 is 0 Å². The lowest BCUT2D eigenvalue weighted by Gasteiger charge is -2.15. The molecule has 5 N–H and O–H groups in total. The van der Waals surface area contributed by atoms with Gasteiger partial charge in [-0.15, -0.1) is 5.10 Å². The van der Waals surface area contributed by atoms with Crippen molar-refractivity contribution < 1.29 is 9.90 Å². The Kier molecular flexibility index (Phi) is 3.92. The third kappa shape index (κ3) is 2.60. The molecular weight excluding hydrogens is 358 g/mol. The molecule has 1 amide bonds. The Morgan fingerprint density at radius 2 is 1.96 bits per heavy atom. The highest BCUT2D eigenvalue weighted by atomic mass is 16.3. The van der Waals surface area contributed by atoms with E-state index in [2.05, 4.69) is 20.3 Å². The zero-order valence-corrected chi connectivity index (χ0v) is 15.2. The molecule has 1 aromatic carbocycles. The maximum absolute atomic E-state index is 12.2. The summed E-state index contributed by atoms with van der Waals surface area (Å²) in [6, 6.07) is 5.10. The minimum absolute atomic E-state index is 0.0698. The molecule has 0 saturated carbocycles. The second-order valence-corrected chi connectivity index (χ2v) is 6.43. The summed E-state index contributed by atoms with van der Waals surface area (Å²) in [5, 5.41) is 22.1. The molecule has 0 spiro atoms. The Hall–Kier alpha value is -4.01. The maximum atomic E-state index is 12.2. The molecule has 0 aliphatic carbocycles. The molecular formula is C19H17N7O2. The van der Waals surface area contributed by atoms with Gasteiger partial charge in [0.25, 0.3) is 5.91 Å². The Balaban J connectivity index is 2.06. The molecule has 140 valence electrons. The van der Waals surface area contributed by atoms with Crippen molar-refractivity contribution in [2.45, 2.75) is 13.8 Å². The number of aryl methyl sites for hydroxylation is 1. The van der Waals surface area contributed by atoms with Crippen molar-refractivity contribution in [1.82, 2.24) is 24.8 Å². The number of phenols is 1. The van der Waals surface area contributed by atoms with Gasteiger partial charge in [-0.1, -0.05) is 6.07 Å². The fraction of sp³-hybridized carbons (Fsp3) is 0.105. The van der Waals surface area contributed by atoms with E-state index in [1.807, 2.05) is 6.92 Å². The van der Waals surface area contributed by atoms with Crippen molar-refractivity contribution in [1.29, 1.82) is 0 Å². The number of carbonyl (C=O) groups is 1. The summed E-state index contributed by atoms with van der Waals surface area (Å²) in [6.07, 6.45) is 4.72. The number of amides is 1. The first-order chi connectivity index (χ1) is 13.4. The number of nitrogens with two attached hydrogens (primary N) is 2. The number of anilines is 1. The van der Waals surface area contributed by atoms with Gasteiger partial charge in [-0.25, -0.2) is 9.50 Å². The van der Waals surface area contributed by atoms with Gasteiger partial charge in [0.2, 0.25) is 0 Å². The van der Waals surface area contributed by atoms with Crippen LogP contribution in [0.2, 0.25) is 0 Å². The smallest absolute Gasteiger partial charge is 0.254 e. The fourth-order valence-corrected chi connectivity index (χ4v) is 3.27. The van der Waals surface area contributed by atoms with E-state index in [0.717, 1.165) is 5.56 Å². The number of nitrogens with zero attached hydrogens (tertiary/aromatic N) is 5. The normalized spacial score (nSPS) is 11.1. The van der Waals surface area contributed by atoms with Gasteiger partial charge in [0.15, 0.2) is 11.5 Å². The first-order valence-corrected chi connectivity index (χ1v) is 8.43. The molecule has 3 aromatic heterocycles. The molecule has 0 aliphatic heterocycles. The Morgan fingerprint density at radius 1 is 1.18 bits per heavy atom. The lowest BCUT2D eigenvalue weighted by atomic mass is 9.93. The average molecular weight is 375 g/mol. The SMILES string of the molecule is Cc1ccc(O)c(C)c1-c1cn2nc(-c3ccnnc3)nc2c(C(N)=O)c1N. The summed E-state index contributed by atoms with van der Waals surface area (Å²) in [4.78, 5) is 16.6. The predicted octanol–water partition coefficient (Wildman–Crippen LogP) is 1.86. The summed E-state index contributed by atoms with van der Waals surface area (Å²) in [5.74, 6) is -0.229. The number of benzene rings is 1. The molecule has 0 atom stereocenters. The third-order valence-corrected chi connectivity index (χ3v) is 4.67. The summed E-state index contributed by atoms with van der Waals surface area (Å²) >= 11 is 0. The number of fused-ring (bicyclic) bond motifs is 1. The van der Waals surface area contributed by atoms with E-state index in [1.54, 1.807) is 31.3 Å². The quantitative estimate of drug-likeness (QED) is 0.495. The van der Waals surface area contributed by atoms with Crippen LogP contribution in [0, 0.1) is 13.8 Å². The summed E-state index contributed by atoms with van der Waals surface area (Å²) < 4.78 is 1.46. The predicted molar refractivity (Wildman–Crippen MR) is 104 cm³/mol. The van der Waals surface area contributed by atoms with Gasteiger partial charge in [0.05, 0.1) is 18.1 Å². The van der Waals surface area contributed by atoms with Gasteiger partial charge < -0.3 is 16.6 Å². The van der Waals surface area contributed by atoms with Crippen molar-refractivity contribution in [2.24, 2.45) is 5.73 Å². The molecule has 0 fully saturated rings. The maximum Gasteiger partial charge on any atom is 0.254 e. The molecule has 0 saturated heterocycles. The van der Waals surface area contributed by atoms with Crippen LogP contribution in [0.4, 0.5) is 5.69 Å². The van der Waals surface area contributed by atoms with Gasteiger partial charge in [-0.2, -0.15) is 10.2 Å². The van der Waals surface area contributed by atoms with E-state index in [1.165, 1.54) is 16.9 Å². The van der Waals surface area contributed by atoms with Gasteiger partial charge >= 0.3 is 0 Å². The summed E-state index contributed by atoms with van der Waals surface area (Å²) in [5.41, 5.74) is 15.9. The number of pyridine rings is 1. The Bertz CT molecular complexity index is 1230. The van der Waals surface area contributed by atoms with E-state index in [9.17, 15) is 9.90 Å². The number of hydrogen-bond donors (Lipinski definition) is 3. The monoisotopic (exact) mass is 375 g/mol. The molecule has 9 nitrogen and oxygen atoms in total. The zero-order chi connectivity index (χ0) is 20.0. The molecule has 0 radical (unpaired) electrons. The van der Waals surface area contributed by atoms with Gasteiger partial charge in [0, 0.05) is 17.3 Å². The van der Waals surface area contributed by atoms with Crippen LogP contribution in [0.3, 0.4) is 0 Å². The van der Waals surface area contributed by atoms with Crippen LogP contribution in [0.1, 0.15) is 21.5 Å². The number of hydrogen-bond acceptors (Lipinski definition) is 7. The lowest BCUT2D eigenvalue weighted by Crippen LogP contribution is -2.16. The Morgan fingerprint density at radius 3 is 2.64 bits per heavy atom. The van der Waals surface area contributed by atoms with E-state index in [4.69, 9.17) is 11.5 Å². The summed E-state index contributed by atoms with van der Waals surface area (Å²) in [6.45, 7) is 3.67. The molecule has 0 unspecified atom stereocenters. The molecule has 4 aromatic rings. The van der Waals surface area contributed by atoms with Crippen LogP contribution in [0.25, 0.3) is 28.2 Å². The first kappa shape index (κ1) is 17.4. The largest absolute Gasteiger partial charge is 0.508 e. The number of aromatic nitrogens is 5. The van der Waals surface area contributed by atoms with Crippen molar-refractivity contribution >= 4 is 17.2 Å². The van der Waals surface area contributed by atoms with Crippen molar-refractivity contribution in [3.05, 3.63) is 53.5 Å². The highest BCUT2D eigenvalue weighted by Crippen LogP contribution is 2.38. The van der Waals surface area contributed by atoms with Crippen molar-refractivity contribution in [2.75, 3.05) is 5.73 Å². The zero-order valence-electron chi connectivity index (χ0n) is 15.2. The van der Waals surface area contributed by atoms with Gasteiger partial charge in [-0.05, 0) is 42.7 Å². The van der Waals surface area contributed by atoms with Crippen LogP contribution < -0.4 is 11.5 Å². The first-order valence-electron chi connectivity index (χ1n) is 8.43. The molecule has 0 aliphatic rings. The van der Waals surface area contributed by atoms with E-state index < -0.39 is 5.91 Å². The van der Waals surface area contributed by atoms with Crippen molar-refractivity contribution in [3.63, 3.8) is 0 Å². The topological polar surface area (TPSA) is 145 Å². The molecule has 4 rings (SSSR count). The molecule has 28 heavy (non-hydrogen) atoms. The lowest BCUT2D eigenvalue weighted by molar-refractivity contribution is 0.100. The molecule has 3 heterocycles. The fourth-order valence-electron chi connectivity index (χ4n) is 3.27. The van der Waals surface area contributed by atoms with Crippen LogP contribution in [-0.2, 0) is 0 Å². The summed E-state index contributed by atoms with van der Waals surface area (Å²) in [7, 11) is 0. The van der Waals surface area contributed by atoms with Crippen LogP contribution in [0.5, 0.6) is 5.75 Å². The number of phenolic OH excluding ortho intramolecular Hbond substituents is 1. The highest BCUT2D eigenvalue weighted by molar-refractivity contribution is 6.07. The number of aromatic hydroxyl groups is 1. The van der Waals surface area contributed by atoms with Crippen molar-refractivity contribution in [3.8, 4) is 28.3 Å². The van der Waals surface area contributed by atoms with E-state index in [-0.39, 0.29) is 22.6 Å². The molecule has 0 bridgehead atoms. The second kappa shape index (κ2) is 6.31. The van der Waals surface area contributed by atoms with E-state index >= 15 is 0 Å². The number of nitrogen functional groups attached to an aromatic ring is 1. The van der Waals surface area contributed by atoms with Crippen LogP contribution in [0.15, 0.2) is 36.8 Å². The number of carbonyl (C=O) groups excluding carboxylic acids is 1. The van der Waals surface area contributed by atoms with Gasteiger partial charge in [-0.3, -0.25) is 4.79 Å². The minimum Gasteiger partial charge on any atom is -0.508 e. The standard InChI is InChI=1S/C19H17N7O2/c1-9-3-4-13(27)10(2)14(9)12-8-26-19(15(16(12)20)17(21)28)24-18(25-26)11-5-6-22-23-7-11/h3-8,27H,20H2,1-2H3,(H2,21,28). The highest BCUT2D eigenvalue weighted by Gasteiger charge is 2.22. The number of rotatable bonds is 3. The minimum atomic E-state index is -0.716. The second-order valence-electron chi connectivity index (χ2n) is 6.43. The number of primary amides is 1. The van der Waals surface area contributed by atoms with Crippen LogP contribution in [-0.4, -0.2) is 35.8 Å². The Labute approximate surface area is 159 Å². The molecule has 9 heteroatoms. The van der Waals surface area contributed by atoms with Gasteiger partial charge in [0.1, 0.15) is 11.3 Å². The van der Waals surface area contributed by atoms with E-state index in [0.29, 0.717) is 28.1 Å². The average Bonchev–Trinajstić information content (AvgIpc) is 3.09. The third-order valence-electron chi connectivity index (χ3n) is 4.67.